The number of imidazole rings is 1. The molecule has 1 aromatic carbocycles. The molecule has 1 amide bonds. The van der Waals surface area contributed by atoms with Crippen molar-refractivity contribution < 1.29 is 9.53 Å². The minimum atomic E-state index is -0.178. The number of benzene rings is 1. The van der Waals surface area contributed by atoms with Crippen LogP contribution in [-0.4, -0.2) is 48.0 Å². The van der Waals surface area contributed by atoms with Crippen LogP contribution in [0.3, 0.4) is 0 Å². The van der Waals surface area contributed by atoms with Gasteiger partial charge in [-0.25, -0.2) is 10.4 Å². The van der Waals surface area contributed by atoms with E-state index >= 15 is 0 Å². The number of carbonyl (C=O) groups excluding carboxylic acids is 1. The molecular formula is C19H21N5O2S. The first kappa shape index (κ1) is 17.7. The summed E-state index contributed by atoms with van der Waals surface area (Å²) in [5.74, 6) is 0.631. The van der Waals surface area contributed by atoms with Crippen LogP contribution in [-0.2, 0) is 16.1 Å². The Labute approximate surface area is 161 Å². The van der Waals surface area contributed by atoms with Gasteiger partial charge in [0.15, 0.2) is 0 Å². The minimum absolute atomic E-state index is 0.178. The number of hydrogen-bond acceptors (Lipinski definition) is 6. The van der Waals surface area contributed by atoms with E-state index in [9.17, 15) is 4.79 Å². The number of aryl methyl sites for hydroxylation is 1. The van der Waals surface area contributed by atoms with Gasteiger partial charge in [0.25, 0.3) is 5.91 Å². The molecule has 0 saturated carbocycles. The molecule has 1 N–H and O–H groups in total. The van der Waals surface area contributed by atoms with Crippen molar-refractivity contribution in [3.05, 3.63) is 47.1 Å². The van der Waals surface area contributed by atoms with Crippen LogP contribution in [0.5, 0.6) is 0 Å². The van der Waals surface area contributed by atoms with Crippen molar-refractivity contribution in [3.8, 4) is 0 Å². The van der Waals surface area contributed by atoms with Gasteiger partial charge in [0.1, 0.15) is 12.4 Å². The summed E-state index contributed by atoms with van der Waals surface area (Å²) in [5.41, 5.74) is 4.44. The Kier molecular flexibility index (Phi) is 5.17. The molecule has 1 aliphatic rings. The van der Waals surface area contributed by atoms with Crippen molar-refractivity contribution >= 4 is 39.5 Å². The van der Waals surface area contributed by atoms with E-state index in [1.807, 2.05) is 41.8 Å². The van der Waals surface area contributed by atoms with Gasteiger partial charge < -0.3 is 14.2 Å². The maximum Gasteiger partial charge on any atom is 0.260 e. The molecule has 8 heteroatoms. The second-order valence-electron chi connectivity index (χ2n) is 6.30. The van der Waals surface area contributed by atoms with Crippen molar-refractivity contribution in [2.24, 2.45) is 5.10 Å². The third-order valence-corrected chi connectivity index (χ3v) is 5.54. The van der Waals surface area contributed by atoms with Gasteiger partial charge in [0.2, 0.25) is 0 Å². The largest absolute Gasteiger partial charge is 0.378 e. The number of para-hydroxylation sites is 2. The Morgan fingerprint density at radius 2 is 2.11 bits per heavy atom. The zero-order valence-corrected chi connectivity index (χ0v) is 15.9. The quantitative estimate of drug-likeness (QED) is 0.542. The fourth-order valence-corrected chi connectivity index (χ4v) is 4.04. The maximum absolute atomic E-state index is 12.3. The molecule has 1 fully saturated rings. The number of carbonyl (C=O) groups is 1. The van der Waals surface area contributed by atoms with E-state index in [2.05, 4.69) is 26.5 Å². The average molecular weight is 383 g/mol. The Hall–Kier alpha value is -2.71. The highest BCUT2D eigenvalue weighted by molar-refractivity contribution is 7.17. The smallest absolute Gasteiger partial charge is 0.260 e. The van der Waals surface area contributed by atoms with Crippen LogP contribution >= 0.6 is 11.3 Å². The van der Waals surface area contributed by atoms with Crippen LogP contribution in [0.4, 0.5) is 5.00 Å². The van der Waals surface area contributed by atoms with Crippen LogP contribution in [0.25, 0.3) is 11.0 Å². The molecule has 0 spiro atoms. The summed E-state index contributed by atoms with van der Waals surface area (Å²) in [6.45, 7) is 5.43. The van der Waals surface area contributed by atoms with E-state index in [0.717, 1.165) is 48.0 Å². The number of nitrogens with one attached hydrogen (secondary N) is 1. The summed E-state index contributed by atoms with van der Waals surface area (Å²) in [5, 5.41) is 5.30. The fourth-order valence-electron chi connectivity index (χ4n) is 3.11. The number of hydrazone groups is 1. The summed E-state index contributed by atoms with van der Waals surface area (Å²) in [4.78, 5) is 20.0. The summed E-state index contributed by atoms with van der Waals surface area (Å²) in [7, 11) is 0. The summed E-state index contributed by atoms with van der Waals surface area (Å²) in [6.07, 6.45) is 1.69. The van der Waals surface area contributed by atoms with Gasteiger partial charge in [0, 0.05) is 18.0 Å². The van der Waals surface area contributed by atoms with Crippen molar-refractivity contribution in [2.75, 3.05) is 31.2 Å². The van der Waals surface area contributed by atoms with Gasteiger partial charge in [-0.3, -0.25) is 4.79 Å². The average Bonchev–Trinajstić information content (AvgIpc) is 3.28. The van der Waals surface area contributed by atoms with E-state index in [0.29, 0.717) is 0 Å². The molecule has 27 heavy (non-hydrogen) atoms. The number of aromatic nitrogens is 2. The summed E-state index contributed by atoms with van der Waals surface area (Å²) in [6, 6.07) is 11.9. The lowest BCUT2D eigenvalue weighted by atomic mass is 10.3. The molecule has 3 aromatic rings. The number of amides is 1. The predicted molar refractivity (Wildman–Crippen MR) is 108 cm³/mol. The molecule has 0 bridgehead atoms. The second kappa shape index (κ2) is 7.89. The molecule has 4 rings (SSSR count). The van der Waals surface area contributed by atoms with Gasteiger partial charge in [-0.15, -0.1) is 11.3 Å². The number of hydrogen-bond donors (Lipinski definition) is 1. The van der Waals surface area contributed by atoms with Crippen LogP contribution in [0.2, 0.25) is 0 Å². The highest BCUT2D eigenvalue weighted by Crippen LogP contribution is 2.25. The van der Waals surface area contributed by atoms with Gasteiger partial charge in [-0.1, -0.05) is 12.1 Å². The Bertz CT molecular complexity index is 972. The number of anilines is 1. The SMILES string of the molecule is Cc1nc2ccccc2n1CC(=O)N/N=C/c1ccc(N2CCOCC2)s1. The molecule has 0 radical (unpaired) electrons. The van der Waals surface area contributed by atoms with Gasteiger partial charge in [0.05, 0.1) is 35.5 Å². The maximum atomic E-state index is 12.3. The highest BCUT2D eigenvalue weighted by atomic mass is 32.1. The van der Waals surface area contributed by atoms with Crippen molar-refractivity contribution in [1.82, 2.24) is 15.0 Å². The first-order chi connectivity index (χ1) is 13.2. The molecule has 3 heterocycles. The number of rotatable bonds is 5. The zero-order valence-electron chi connectivity index (χ0n) is 15.1. The van der Waals surface area contributed by atoms with E-state index in [1.54, 1.807) is 17.6 Å². The van der Waals surface area contributed by atoms with E-state index in [-0.39, 0.29) is 12.5 Å². The molecule has 7 nitrogen and oxygen atoms in total. The molecule has 140 valence electrons. The van der Waals surface area contributed by atoms with Crippen molar-refractivity contribution in [2.45, 2.75) is 13.5 Å². The van der Waals surface area contributed by atoms with Gasteiger partial charge in [-0.05, 0) is 31.2 Å². The third kappa shape index (κ3) is 4.01. The minimum Gasteiger partial charge on any atom is -0.378 e. The van der Waals surface area contributed by atoms with Crippen molar-refractivity contribution in [1.29, 1.82) is 0 Å². The van der Waals surface area contributed by atoms with Crippen LogP contribution in [0.1, 0.15) is 10.7 Å². The first-order valence-corrected chi connectivity index (χ1v) is 9.69. The normalized spacial score (nSPS) is 14.9. The van der Waals surface area contributed by atoms with Crippen molar-refractivity contribution in [3.63, 3.8) is 0 Å². The number of morpholine rings is 1. The first-order valence-electron chi connectivity index (χ1n) is 8.87. The molecule has 0 atom stereocenters. The van der Waals surface area contributed by atoms with Crippen LogP contribution in [0.15, 0.2) is 41.5 Å². The molecular weight excluding hydrogens is 362 g/mol. The third-order valence-electron chi connectivity index (χ3n) is 4.46. The lowest BCUT2D eigenvalue weighted by molar-refractivity contribution is -0.121. The van der Waals surface area contributed by atoms with Gasteiger partial charge in [-0.2, -0.15) is 5.10 Å². The summed E-state index contributed by atoms with van der Waals surface area (Å²) >= 11 is 1.66. The number of nitrogens with zero attached hydrogens (tertiary/aromatic N) is 4. The number of thiophene rings is 1. The molecule has 1 saturated heterocycles. The zero-order chi connectivity index (χ0) is 18.6. The Morgan fingerprint density at radius 1 is 1.30 bits per heavy atom. The predicted octanol–water partition coefficient (Wildman–Crippen LogP) is 2.39. The molecule has 1 aliphatic heterocycles. The monoisotopic (exact) mass is 383 g/mol. The second-order valence-corrected chi connectivity index (χ2v) is 7.40. The summed E-state index contributed by atoms with van der Waals surface area (Å²) < 4.78 is 7.27. The topological polar surface area (TPSA) is 71.8 Å². The molecule has 0 unspecified atom stereocenters. The Morgan fingerprint density at radius 3 is 2.96 bits per heavy atom. The van der Waals surface area contributed by atoms with E-state index in [4.69, 9.17) is 4.74 Å². The standard InChI is InChI=1S/C19H21N5O2S/c1-14-21-16-4-2-3-5-17(16)24(14)13-18(25)22-20-12-15-6-7-19(27-15)23-8-10-26-11-9-23/h2-7,12H,8-11,13H2,1H3,(H,22,25)/b20-12+. The van der Waals surface area contributed by atoms with Gasteiger partial charge >= 0.3 is 0 Å². The van der Waals surface area contributed by atoms with E-state index in [1.165, 1.54) is 5.00 Å². The lowest BCUT2D eigenvalue weighted by Gasteiger charge is -2.27. The fraction of sp³-hybridized carbons (Fsp3) is 0.316. The van der Waals surface area contributed by atoms with Crippen LogP contribution < -0.4 is 10.3 Å². The van der Waals surface area contributed by atoms with E-state index < -0.39 is 0 Å². The van der Waals surface area contributed by atoms with Crippen LogP contribution in [0, 0.1) is 6.92 Å². The lowest BCUT2D eigenvalue weighted by Crippen LogP contribution is -2.35. The highest BCUT2D eigenvalue weighted by Gasteiger charge is 2.13. The number of ether oxygens (including phenoxy) is 1. The number of fused-ring (bicyclic) bond motifs is 1. The molecule has 0 aliphatic carbocycles. The Balaban J connectivity index is 1.36. The molecule has 2 aromatic heterocycles.